The third-order valence-corrected chi connectivity index (χ3v) is 10.9. The number of nitrogens with zero attached hydrogens (tertiary/aromatic N) is 1. The number of hydrogen-bond donors (Lipinski definition) is 2. The normalized spacial score (nSPS) is 11.9. The van der Waals surface area contributed by atoms with Gasteiger partial charge < -0.3 is 33.9 Å². The van der Waals surface area contributed by atoms with Crippen LogP contribution in [0.25, 0.3) is 0 Å². The molecular weight excluding hydrogens is 795 g/mol. The third kappa shape index (κ3) is 47.2. The summed E-state index contributed by atoms with van der Waals surface area (Å²) in [4.78, 5) is 52.2. The van der Waals surface area contributed by atoms with E-state index < -0.39 is 31.1 Å². The fourth-order valence-corrected chi connectivity index (χ4v) is 7.23. The smallest absolute Gasteiger partial charge is 0.320 e. The molecule has 0 aromatic rings. The van der Waals surface area contributed by atoms with Crippen molar-refractivity contribution < 1.29 is 57.9 Å². The van der Waals surface area contributed by atoms with E-state index in [0.717, 1.165) is 43.6 Å². The van der Waals surface area contributed by atoms with Gasteiger partial charge in [-0.05, 0) is 12.8 Å². The van der Waals surface area contributed by atoms with E-state index in [4.69, 9.17) is 38.7 Å². The highest BCUT2D eigenvalue weighted by atomic mass is 16.7. The molecule has 62 heavy (non-hydrogen) atoms. The van der Waals surface area contributed by atoms with E-state index in [2.05, 4.69) is 13.8 Å². The molecule has 1 atom stereocenters. The minimum absolute atomic E-state index is 0.00668. The van der Waals surface area contributed by atoms with Gasteiger partial charge in [0.15, 0.2) is 6.10 Å². The molecule has 0 aromatic carbocycles. The molecule has 0 aliphatic heterocycles. The minimum Gasteiger partial charge on any atom is -0.480 e. The van der Waals surface area contributed by atoms with E-state index in [0.29, 0.717) is 12.8 Å². The Hall–Kier alpha value is -2.32. The average Bonchev–Trinajstić information content (AvgIpc) is 3.24. The van der Waals surface area contributed by atoms with Gasteiger partial charge in [0.05, 0.1) is 46.2 Å². The zero-order valence-corrected chi connectivity index (χ0v) is 39.7. The fourth-order valence-electron chi connectivity index (χ4n) is 7.23. The van der Waals surface area contributed by atoms with Crippen LogP contribution in [0, 0.1) is 0 Å². The van der Waals surface area contributed by atoms with Gasteiger partial charge in [-0.1, -0.05) is 194 Å². The molecule has 0 radical (unpaired) electrons. The lowest BCUT2D eigenvalue weighted by Crippen LogP contribution is -2.35. The van der Waals surface area contributed by atoms with Gasteiger partial charge in [0.1, 0.15) is 19.7 Å². The third-order valence-electron chi connectivity index (χ3n) is 10.9. The lowest BCUT2D eigenvalue weighted by molar-refractivity contribution is -0.190. The Morgan fingerprint density at radius 3 is 1.10 bits per heavy atom. The zero-order valence-electron chi connectivity index (χ0n) is 39.7. The standard InChI is InChI=1S/C49H93NO12/c1-3-5-7-9-11-13-15-17-19-21-23-25-27-29-31-33-48(55)60-44-45(43-59-38-37-57-35-36-58-39-40-61-50(41-46(51)52)42-47(53)54)62-49(56)34-32-30-28-26-24-22-20-18-16-14-12-10-8-6-4-2/h45H,3-44H2,1-2H3,(H,51,52)(H,53,54)/t45-/m1/s1. The number of esters is 2. The van der Waals surface area contributed by atoms with E-state index in [-0.39, 0.29) is 64.8 Å². The number of hydroxylamine groups is 2. The zero-order chi connectivity index (χ0) is 45.4. The van der Waals surface area contributed by atoms with Crippen molar-refractivity contribution in [3.8, 4) is 0 Å². The van der Waals surface area contributed by atoms with Gasteiger partial charge in [-0.2, -0.15) is 5.06 Å². The first kappa shape index (κ1) is 59.7. The lowest BCUT2D eigenvalue weighted by Gasteiger charge is -2.18. The molecule has 0 unspecified atom stereocenters. The van der Waals surface area contributed by atoms with Gasteiger partial charge in [0.25, 0.3) is 0 Å². The number of carbonyl (C=O) groups is 4. The van der Waals surface area contributed by atoms with E-state index in [1.54, 1.807) is 0 Å². The minimum atomic E-state index is -1.20. The van der Waals surface area contributed by atoms with Gasteiger partial charge in [-0.3, -0.25) is 24.0 Å². The highest BCUT2D eigenvalue weighted by Gasteiger charge is 2.18. The molecule has 0 fully saturated rings. The number of aliphatic carboxylic acids is 2. The largest absolute Gasteiger partial charge is 0.480 e. The van der Waals surface area contributed by atoms with Crippen molar-refractivity contribution in [2.45, 2.75) is 225 Å². The fraction of sp³-hybridized carbons (Fsp3) is 0.918. The van der Waals surface area contributed by atoms with Crippen LogP contribution in [0.15, 0.2) is 0 Å². The summed E-state index contributed by atoms with van der Waals surface area (Å²) in [6, 6.07) is 0. The molecule has 366 valence electrons. The van der Waals surface area contributed by atoms with Crippen LogP contribution in [0.3, 0.4) is 0 Å². The highest BCUT2D eigenvalue weighted by molar-refractivity contribution is 5.72. The van der Waals surface area contributed by atoms with Gasteiger partial charge >= 0.3 is 23.9 Å². The molecule has 2 N–H and O–H groups in total. The predicted octanol–water partition coefficient (Wildman–Crippen LogP) is 11.4. The van der Waals surface area contributed by atoms with Crippen molar-refractivity contribution in [3.05, 3.63) is 0 Å². The molecule has 0 aliphatic carbocycles. The quantitative estimate of drug-likeness (QED) is 0.0337. The maximum atomic E-state index is 12.8. The van der Waals surface area contributed by atoms with Crippen LogP contribution in [-0.2, 0) is 47.7 Å². The van der Waals surface area contributed by atoms with Crippen molar-refractivity contribution in [2.75, 3.05) is 65.9 Å². The van der Waals surface area contributed by atoms with Crippen LogP contribution in [-0.4, -0.2) is 111 Å². The Balaban J connectivity index is 4.32. The van der Waals surface area contributed by atoms with Gasteiger partial charge in [-0.25, -0.2) is 0 Å². The van der Waals surface area contributed by atoms with Crippen molar-refractivity contribution in [2.24, 2.45) is 0 Å². The molecule has 0 aliphatic rings. The Morgan fingerprint density at radius 2 is 0.726 bits per heavy atom. The molecule has 0 saturated heterocycles. The summed E-state index contributed by atoms with van der Waals surface area (Å²) in [5, 5.41) is 18.6. The predicted molar refractivity (Wildman–Crippen MR) is 245 cm³/mol. The summed E-state index contributed by atoms with van der Waals surface area (Å²) in [6.07, 6.45) is 37.8. The van der Waals surface area contributed by atoms with E-state index in [1.807, 2.05) is 0 Å². The number of unbranched alkanes of at least 4 members (excludes halogenated alkanes) is 28. The Labute approximate surface area is 377 Å². The summed E-state index contributed by atoms with van der Waals surface area (Å²) in [7, 11) is 0. The summed E-state index contributed by atoms with van der Waals surface area (Å²) in [5.74, 6) is -2.99. The summed E-state index contributed by atoms with van der Waals surface area (Å²) < 4.78 is 27.9. The van der Waals surface area contributed by atoms with Crippen LogP contribution >= 0.6 is 0 Å². The van der Waals surface area contributed by atoms with Crippen LogP contribution in [0.4, 0.5) is 0 Å². The first-order valence-corrected chi connectivity index (χ1v) is 25.2. The Bertz CT molecular complexity index is 1000. The van der Waals surface area contributed by atoms with Crippen molar-refractivity contribution in [1.82, 2.24) is 5.06 Å². The molecule has 0 amide bonds. The first-order valence-electron chi connectivity index (χ1n) is 25.2. The second-order valence-corrected chi connectivity index (χ2v) is 16.9. The Morgan fingerprint density at radius 1 is 0.403 bits per heavy atom. The van der Waals surface area contributed by atoms with Crippen molar-refractivity contribution in [1.29, 1.82) is 0 Å². The summed E-state index contributed by atoms with van der Waals surface area (Å²) >= 11 is 0. The molecule has 0 spiro atoms. The molecule has 0 saturated carbocycles. The lowest BCUT2D eigenvalue weighted by atomic mass is 10.0. The number of carboxylic acid groups (broad SMARTS) is 2. The van der Waals surface area contributed by atoms with Gasteiger partial charge in [0.2, 0.25) is 0 Å². The SMILES string of the molecule is CCCCCCCCCCCCCCCCCC(=O)OC[C@@H](COCCOCCOCCON(CC(=O)O)CC(=O)O)OC(=O)CCCCCCCCCCCCCCCCC. The van der Waals surface area contributed by atoms with Crippen LogP contribution in [0.1, 0.15) is 219 Å². The first-order chi connectivity index (χ1) is 30.3. The number of carbonyl (C=O) groups excluding carboxylic acids is 2. The van der Waals surface area contributed by atoms with Crippen LogP contribution in [0.2, 0.25) is 0 Å². The summed E-state index contributed by atoms with van der Waals surface area (Å²) in [6.45, 7) is 4.58. The maximum absolute atomic E-state index is 12.8. The van der Waals surface area contributed by atoms with Crippen molar-refractivity contribution >= 4 is 23.9 Å². The second kappa shape index (κ2) is 48.1. The second-order valence-electron chi connectivity index (χ2n) is 16.9. The molecule has 0 heterocycles. The molecule has 13 nitrogen and oxygen atoms in total. The number of ether oxygens (including phenoxy) is 5. The van der Waals surface area contributed by atoms with Crippen LogP contribution in [0.5, 0.6) is 0 Å². The monoisotopic (exact) mass is 888 g/mol. The molecule has 0 bridgehead atoms. The number of carboxylic acids is 2. The number of rotatable bonds is 51. The summed E-state index contributed by atoms with van der Waals surface area (Å²) in [5.41, 5.74) is 0. The van der Waals surface area contributed by atoms with Gasteiger partial charge in [-0.15, -0.1) is 0 Å². The Kier molecular flexibility index (Phi) is 46.3. The van der Waals surface area contributed by atoms with E-state index >= 15 is 0 Å². The molecule has 0 rings (SSSR count). The topological polar surface area (TPSA) is 167 Å². The number of hydrogen-bond acceptors (Lipinski definition) is 11. The van der Waals surface area contributed by atoms with E-state index in [9.17, 15) is 19.2 Å². The molecule has 13 heteroatoms. The van der Waals surface area contributed by atoms with E-state index in [1.165, 1.54) is 154 Å². The average molecular weight is 888 g/mol. The van der Waals surface area contributed by atoms with Gasteiger partial charge in [0, 0.05) is 12.8 Å². The van der Waals surface area contributed by atoms with Crippen LogP contribution < -0.4 is 0 Å². The van der Waals surface area contributed by atoms with Crippen molar-refractivity contribution in [3.63, 3.8) is 0 Å². The maximum Gasteiger partial charge on any atom is 0.320 e. The highest BCUT2D eigenvalue weighted by Crippen LogP contribution is 2.16. The molecular formula is C49H93NO12. The molecule has 0 aromatic heterocycles.